The van der Waals surface area contributed by atoms with Crippen molar-refractivity contribution in [1.29, 1.82) is 0 Å². The van der Waals surface area contributed by atoms with E-state index >= 15 is 0 Å². The molecule has 1 saturated heterocycles. The second-order valence-corrected chi connectivity index (χ2v) is 5.74. The summed E-state index contributed by atoms with van der Waals surface area (Å²) in [5.41, 5.74) is -0.976. The van der Waals surface area contributed by atoms with Crippen molar-refractivity contribution >= 4 is 0 Å². The van der Waals surface area contributed by atoms with Crippen LogP contribution in [0.15, 0.2) is 30.5 Å². The van der Waals surface area contributed by atoms with Crippen molar-refractivity contribution in [3.8, 4) is 11.3 Å². The molecule has 1 aromatic carbocycles. The summed E-state index contributed by atoms with van der Waals surface area (Å²) < 4.78 is 19.9. The molecular formula is C15H19FN4O4. The number of hydrogen-bond acceptors (Lipinski definition) is 7. The molecule has 130 valence electrons. The van der Waals surface area contributed by atoms with E-state index in [4.69, 9.17) is 4.74 Å². The number of aromatic nitrogens is 3. The molecule has 0 aliphatic carbocycles. The highest BCUT2D eigenvalue weighted by molar-refractivity contribution is 5.57. The Bertz CT molecular complexity index is 712. The van der Waals surface area contributed by atoms with Gasteiger partial charge < -0.3 is 20.1 Å². The van der Waals surface area contributed by atoms with Gasteiger partial charge >= 0.3 is 0 Å². The average molecular weight is 338 g/mol. The predicted octanol–water partition coefficient (Wildman–Crippen LogP) is -0.583. The minimum Gasteiger partial charge on any atom is -0.394 e. The molecule has 2 unspecified atom stereocenters. The number of hydrogen-bond donors (Lipinski definition) is 4. The van der Waals surface area contributed by atoms with Crippen molar-refractivity contribution in [1.82, 2.24) is 20.3 Å². The van der Waals surface area contributed by atoms with Gasteiger partial charge in [0, 0.05) is 12.0 Å². The fourth-order valence-electron chi connectivity index (χ4n) is 2.82. The molecule has 0 saturated carbocycles. The first-order chi connectivity index (χ1) is 11.5. The molecule has 1 fully saturated rings. The first-order valence-corrected chi connectivity index (χ1v) is 7.50. The molecule has 8 nitrogen and oxygen atoms in total. The van der Waals surface area contributed by atoms with Crippen molar-refractivity contribution < 1.29 is 24.4 Å². The van der Waals surface area contributed by atoms with Crippen LogP contribution in [0.1, 0.15) is 6.42 Å². The Labute approximate surface area is 137 Å². The quantitative estimate of drug-likeness (QED) is 0.590. The van der Waals surface area contributed by atoms with Gasteiger partial charge in [0.2, 0.25) is 0 Å². The number of aliphatic hydroxyl groups excluding tert-OH is 2. The highest BCUT2D eigenvalue weighted by Crippen LogP contribution is 2.33. The summed E-state index contributed by atoms with van der Waals surface area (Å²) in [5, 5.41) is 41.2. The molecule has 4 N–H and O–H groups in total. The number of ether oxygens (including phenoxy) is 1. The monoisotopic (exact) mass is 338 g/mol. The number of rotatable bonds is 4. The first kappa shape index (κ1) is 16.9. The van der Waals surface area contributed by atoms with Crippen LogP contribution in [0, 0.1) is 5.82 Å². The molecule has 1 aliphatic heterocycles. The maximum atomic E-state index is 13.3. The van der Waals surface area contributed by atoms with Crippen LogP contribution in [0.25, 0.3) is 11.3 Å². The number of nitrogens with one attached hydrogen (secondary N) is 1. The molecule has 4 atom stereocenters. The van der Waals surface area contributed by atoms with Crippen LogP contribution in [-0.2, 0) is 10.5 Å². The topological polar surface area (TPSA) is 113 Å². The van der Waals surface area contributed by atoms with Gasteiger partial charge in [0.05, 0.1) is 18.9 Å². The molecule has 2 aromatic rings. The van der Waals surface area contributed by atoms with Crippen LogP contribution in [0.2, 0.25) is 0 Å². The molecule has 0 radical (unpaired) electrons. The van der Waals surface area contributed by atoms with Crippen molar-refractivity contribution in [2.45, 2.75) is 30.6 Å². The lowest BCUT2D eigenvalue weighted by Gasteiger charge is -2.44. The lowest BCUT2D eigenvalue weighted by molar-refractivity contribution is -0.265. The maximum absolute atomic E-state index is 13.3. The van der Waals surface area contributed by atoms with Gasteiger partial charge in [-0.25, -0.2) is 9.07 Å². The summed E-state index contributed by atoms with van der Waals surface area (Å²) >= 11 is 0. The van der Waals surface area contributed by atoms with Gasteiger partial charge in [-0.05, 0) is 19.2 Å². The van der Waals surface area contributed by atoms with Gasteiger partial charge in [0.15, 0.2) is 5.72 Å². The molecular weight excluding hydrogens is 319 g/mol. The SMILES string of the molecule is CN[C@@H]1OC(CO)C[C@@](O)(n2cc(-c3cccc(F)c3)nn2)C1O. The van der Waals surface area contributed by atoms with E-state index < -0.39 is 30.0 Å². The third-order valence-corrected chi connectivity index (χ3v) is 4.13. The minimum absolute atomic E-state index is 0.0746. The molecule has 2 heterocycles. The van der Waals surface area contributed by atoms with E-state index in [1.807, 2.05) is 0 Å². The van der Waals surface area contributed by atoms with Crippen molar-refractivity contribution in [2.24, 2.45) is 0 Å². The number of aliphatic hydroxyl groups is 3. The fraction of sp³-hybridized carbons (Fsp3) is 0.467. The molecule has 3 rings (SSSR count). The number of halogens is 1. The summed E-state index contributed by atoms with van der Waals surface area (Å²) in [4.78, 5) is 0. The number of nitrogens with zero attached hydrogens (tertiary/aromatic N) is 3. The molecule has 1 aromatic heterocycles. The Kier molecular flexibility index (Phi) is 4.61. The summed E-state index contributed by atoms with van der Waals surface area (Å²) in [5.74, 6) is -0.414. The van der Waals surface area contributed by atoms with Crippen molar-refractivity contribution in [2.75, 3.05) is 13.7 Å². The zero-order chi connectivity index (χ0) is 17.3. The van der Waals surface area contributed by atoms with Crippen LogP contribution < -0.4 is 5.32 Å². The zero-order valence-electron chi connectivity index (χ0n) is 13.0. The second kappa shape index (κ2) is 6.54. The summed E-state index contributed by atoms with van der Waals surface area (Å²) in [6.45, 7) is -0.321. The fourth-order valence-corrected chi connectivity index (χ4v) is 2.82. The third kappa shape index (κ3) is 2.92. The Morgan fingerprint density at radius 2 is 2.29 bits per heavy atom. The van der Waals surface area contributed by atoms with E-state index in [9.17, 15) is 19.7 Å². The van der Waals surface area contributed by atoms with Gasteiger partial charge in [-0.2, -0.15) is 0 Å². The maximum Gasteiger partial charge on any atom is 0.192 e. The molecule has 0 bridgehead atoms. The van der Waals surface area contributed by atoms with Crippen LogP contribution in [0.5, 0.6) is 0 Å². The van der Waals surface area contributed by atoms with Crippen LogP contribution in [0.4, 0.5) is 4.39 Å². The Hall–Kier alpha value is -1.91. The largest absolute Gasteiger partial charge is 0.394 e. The van der Waals surface area contributed by atoms with Crippen molar-refractivity contribution in [3.63, 3.8) is 0 Å². The van der Waals surface area contributed by atoms with Gasteiger partial charge in [-0.3, -0.25) is 5.32 Å². The van der Waals surface area contributed by atoms with E-state index in [1.54, 1.807) is 19.2 Å². The minimum atomic E-state index is -1.82. The van der Waals surface area contributed by atoms with E-state index in [2.05, 4.69) is 15.6 Å². The standard InChI is InChI=1S/C15H19FN4O4/c1-17-14-13(22)15(23,6-11(8-21)24-14)20-7-12(18-19-20)9-3-2-4-10(16)5-9/h2-5,7,11,13-14,17,21-23H,6,8H2,1H3/t11?,13?,14-,15+/m1/s1. The zero-order valence-corrected chi connectivity index (χ0v) is 13.0. The molecule has 1 aliphatic rings. The van der Waals surface area contributed by atoms with Gasteiger partial charge in [0.1, 0.15) is 23.8 Å². The molecule has 0 spiro atoms. The van der Waals surface area contributed by atoms with Crippen LogP contribution in [-0.4, -0.2) is 62.4 Å². The predicted molar refractivity (Wildman–Crippen MR) is 81.0 cm³/mol. The van der Waals surface area contributed by atoms with Gasteiger partial charge in [-0.15, -0.1) is 5.10 Å². The van der Waals surface area contributed by atoms with Gasteiger partial charge in [-0.1, -0.05) is 17.3 Å². The molecule has 0 amide bonds. The summed E-state index contributed by atoms with van der Waals surface area (Å²) in [6.07, 6.45) is -1.56. The Morgan fingerprint density at radius 3 is 2.96 bits per heavy atom. The first-order valence-electron chi connectivity index (χ1n) is 7.50. The molecule has 9 heteroatoms. The van der Waals surface area contributed by atoms with E-state index in [1.165, 1.54) is 18.3 Å². The van der Waals surface area contributed by atoms with E-state index in [-0.39, 0.29) is 13.0 Å². The lowest BCUT2D eigenvalue weighted by atomic mass is 9.94. The second-order valence-electron chi connectivity index (χ2n) is 5.74. The Balaban J connectivity index is 1.94. The normalized spacial score (nSPS) is 30.5. The van der Waals surface area contributed by atoms with Crippen molar-refractivity contribution in [3.05, 3.63) is 36.3 Å². The highest BCUT2D eigenvalue weighted by Gasteiger charge is 2.50. The van der Waals surface area contributed by atoms with E-state index in [0.29, 0.717) is 11.3 Å². The highest BCUT2D eigenvalue weighted by atomic mass is 19.1. The van der Waals surface area contributed by atoms with Crippen LogP contribution in [0.3, 0.4) is 0 Å². The average Bonchev–Trinajstić information content (AvgIpc) is 3.08. The summed E-state index contributed by atoms with van der Waals surface area (Å²) in [6, 6.07) is 5.81. The molecule has 24 heavy (non-hydrogen) atoms. The third-order valence-electron chi connectivity index (χ3n) is 4.13. The van der Waals surface area contributed by atoms with Crippen LogP contribution >= 0.6 is 0 Å². The number of benzene rings is 1. The lowest BCUT2D eigenvalue weighted by Crippen LogP contribution is -2.62. The van der Waals surface area contributed by atoms with Gasteiger partial charge in [0.25, 0.3) is 0 Å². The number of likely N-dealkylation sites (N-methyl/N-ethyl adjacent to an activating group) is 1. The Morgan fingerprint density at radius 1 is 1.50 bits per heavy atom. The summed E-state index contributed by atoms with van der Waals surface area (Å²) in [7, 11) is 1.56. The smallest absolute Gasteiger partial charge is 0.192 e. The van der Waals surface area contributed by atoms with E-state index in [0.717, 1.165) is 4.68 Å².